The molecule has 2 heterocycles. The summed E-state index contributed by atoms with van der Waals surface area (Å²) in [5.41, 5.74) is 2.12. The number of nitrogens with one attached hydrogen (secondary N) is 3. The quantitative estimate of drug-likeness (QED) is 0.455. The molecule has 5 heteroatoms. The third-order valence-corrected chi connectivity index (χ3v) is 3.82. The van der Waals surface area contributed by atoms with Crippen LogP contribution in [0, 0.1) is 6.92 Å². The summed E-state index contributed by atoms with van der Waals surface area (Å²) in [6.45, 7) is 1.86. The first-order chi connectivity index (χ1) is 9.66. The Bertz CT molecular complexity index is 1100. The Morgan fingerprint density at radius 1 is 0.900 bits per heavy atom. The van der Waals surface area contributed by atoms with Crippen LogP contribution in [0.25, 0.3) is 32.6 Å². The summed E-state index contributed by atoms with van der Waals surface area (Å²) in [5.74, 6) is 0. The molecule has 4 rings (SSSR count). The maximum Gasteiger partial charge on any atom is 0.270 e. The van der Waals surface area contributed by atoms with E-state index in [1.54, 1.807) is 6.07 Å². The van der Waals surface area contributed by atoms with Gasteiger partial charge in [-0.2, -0.15) is 0 Å². The lowest BCUT2D eigenvalue weighted by molar-refractivity contribution is 0.976. The lowest BCUT2D eigenvalue weighted by Gasteiger charge is -2.02. The minimum absolute atomic E-state index is 0.280. The van der Waals surface area contributed by atoms with Gasteiger partial charge in [-0.25, -0.2) is 0 Å². The van der Waals surface area contributed by atoms with E-state index in [2.05, 4.69) is 15.2 Å². The topological polar surface area (TPSA) is 81.5 Å². The SMILES string of the molecule is Cc1c2[nH]c3ccccc3c2cc2c(=O)[nH][nH]c(=O)c12. The first-order valence-electron chi connectivity index (χ1n) is 6.31. The van der Waals surface area contributed by atoms with Gasteiger partial charge in [0.25, 0.3) is 11.1 Å². The Labute approximate surface area is 112 Å². The van der Waals surface area contributed by atoms with Crippen LogP contribution in [0.3, 0.4) is 0 Å². The molecule has 4 aromatic rings. The fourth-order valence-electron chi connectivity index (χ4n) is 2.87. The summed E-state index contributed by atoms with van der Waals surface area (Å²) in [7, 11) is 0. The van der Waals surface area contributed by atoms with Gasteiger partial charge < -0.3 is 4.98 Å². The molecule has 20 heavy (non-hydrogen) atoms. The average molecular weight is 265 g/mol. The van der Waals surface area contributed by atoms with Crippen LogP contribution in [0.2, 0.25) is 0 Å². The predicted octanol–water partition coefficient (Wildman–Crippen LogP) is 2.16. The molecule has 3 N–H and O–H groups in total. The van der Waals surface area contributed by atoms with Gasteiger partial charge in [-0.05, 0) is 24.6 Å². The largest absolute Gasteiger partial charge is 0.354 e. The zero-order chi connectivity index (χ0) is 13.9. The monoisotopic (exact) mass is 265 g/mol. The summed E-state index contributed by atoms with van der Waals surface area (Å²) >= 11 is 0. The minimum Gasteiger partial charge on any atom is -0.354 e. The Morgan fingerprint density at radius 3 is 2.50 bits per heavy atom. The van der Waals surface area contributed by atoms with Gasteiger partial charge in [0.1, 0.15) is 0 Å². The smallest absolute Gasteiger partial charge is 0.270 e. The van der Waals surface area contributed by atoms with Crippen molar-refractivity contribution in [2.24, 2.45) is 0 Å². The van der Waals surface area contributed by atoms with Gasteiger partial charge >= 0.3 is 0 Å². The van der Waals surface area contributed by atoms with E-state index < -0.39 is 0 Å². The summed E-state index contributed by atoms with van der Waals surface area (Å²) < 4.78 is 0. The molecule has 2 aromatic carbocycles. The fraction of sp³-hybridized carbons (Fsp3) is 0.0667. The molecule has 98 valence electrons. The van der Waals surface area contributed by atoms with E-state index in [4.69, 9.17) is 0 Å². The molecule has 2 aromatic heterocycles. The summed E-state index contributed by atoms with van der Waals surface area (Å²) in [5, 5.41) is 7.61. The van der Waals surface area contributed by atoms with Crippen molar-refractivity contribution in [2.45, 2.75) is 6.92 Å². The molecule has 0 amide bonds. The first kappa shape index (κ1) is 11.0. The fourth-order valence-corrected chi connectivity index (χ4v) is 2.87. The number of benzene rings is 2. The predicted molar refractivity (Wildman–Crippen MR) is 79.3 cm³/mol. The van der Waals surface area contributed by atoms with Crippen LogP contribution in [-0.4, -0.2) is 15.2 Å². The molecule has 0 atom stereocenters. The summed E-state index contributed by atoms with van der Waals surface area (Å²) in [4.78, 5) is 27.2. The number of hydrogen-bond donors (Lipinski definition) is 3. The Balaban J connectivity index is 2.41. The molecular weight excluding hydrogens is 254 g/mol. The van der Waals surface area contributed by atoms with E-state index in [0.717, 1.165) is 27.4 Å². The highest BCUT2D eigenvalue weighted by molar-refractivity contribution is 6.13. The zero-order valence-electron chi connectivity index (χ0n) is 10.7. The molecule has 0 radical (unpaired) electrons. The molecule has 0 unspecified atom stereocenters. The van der Waals surface area contributed by atoms with Gasteiger partial charge in [0.05, 0.1) is 16.3 Å². The van der Waals surface area contributed by atoms with Gasteiger partial charge in [0.2, 0.25) is 0 Å². The summed E-state index contributed by atoms with van der Waals surface area (Å²) in [6.07, 6.45) is 0. The maximum absolute atomic E-state index is 12.0. The van der Waals surface area contributed by atoms with Crippen molar-refractivity contribution in [2.75, 3.05) is 0 Å². The molecular formula is C15H11N3O2. The van der Waals surface area contributed by atoms with Crippen molar-refractivity contribution in [3.8, 4) is 0 Å². The number of aryl methyl sites for hydroxylation is 1. The molecule has 0 bridgehead atoms. The second-order valence-electron chi connectivity index (χ2n) is 4.93. The highest BCUT2D eigenvalue weighted by atomic mass is 16.1. The van der Waals surface area contributed by atoms with Crippen molar-refractivity contribution in [1.82, 2.24) is 15.2 Å². The number of rotatable bonds is 0. The number of aromatic amines is 3. The standard InChI is InChI=1S/C15H11N3O2/c1-7-12-10(14(19)17-18-15(12)20)6-9-8-4-2-3-5-11(8)16-13(7)9/h2-6,16H,1H3,(H,17,19)(H,18,20). The molecule has 0 aliphatic heterocycles. The Hall–Kier alpha value is -2.82. The van der Waals surface area contributed by atoms with Crippen LogP contribution in [-0.2, 0) is 0 Å². The second kappa shape index (κ2) is 3.60. The maximum atomic E-state index is 12.0. The van der Waals surface area contributed by atoms with Crippen LogP contribution in [0.1, 0.15) is 5.56 Å². The van der Waals surface area contributed by atoms with Gasteiger partial charge in [-0.1, -0.05) is 18.2 Å². The highest BCUT2D eigenvalue weighted by Gasteiger charge is 2.13. The zero-order valence-corrected chi connectivity index (χ0v) is 10.7. The van der Waals surface area contributed by atoms with E-state index in [1.807, 2.05) is 31.2 Å². The number of H-pyrrole nitrogens is 3. The molecule has 0 saturated carbocycles. The normalized spacial score (nSPS) is 11.7. The van der Waals surface area contributed by atoms with E-state index in [1.165, 1.54) is 0 Å². The third-order valence-electron chi connectivity index (χ3n) is 3.82. The molecule has 0 spiro atoms. The van der Waals surface area contributed by atoms with E-state index in [9.17, 15) is 9.59 Å². The van der Waals surface area contributed by atoms with Crippen LogP contribution in [0.4, 0.5) is 0 Å². The van der Waals surface area contributed by atoms with Gasteiger partial charge in [0, 0.05) is 16.3 Å². The minimum atomic E-state index is -0.283. The Kier molecular flexibility index (Phi) is 1.99. The molecule has 5 nitrogen and oxygen atoms in total. The van der Waals surface area contributed by atoms with Gasteiger partial charge in [-0.15, -0.1) is 0 Å². The summed E-state index contributed by atoms with van der Waals surface area (Å²) in [6, 6.07) is 9.67. The Morgan fingerprint density at radius 2 is 1.65 bits per heavy atom. The third kappa shape index (κ3) is 1.26. The number of aromatic nitrogens is 3. The van der Waals surface area contributed by atoms with E-state index in [-0.39, 0.29) is 11.1 Å². The number of para-hydroxylation sites is 1. The molecule has 0 aliphatic rings. The van der Waals surface area contributed by atoms with E-state index >= 15 is 0 Å². The van der Waals surface area contributed by atoms with Crippen molar-refractivity contribution in [3.05, 3.63) is 56.6 Å². The number of hydrogen-bond acceptors (Lipinski definition) is 2. The van der Waals surface area contributed by atoms with Crippen LogP contribution in [0.15, 0.2) is 39.9 Å². The second-order valence-corrected chi connectivity index (χ2v) is 4.93. The van der Waals surface area contributed by atoms with Crippen molar-refractivity contribution in [1.29, 1.82) is 0 Å². The van der Waals surface area contributed by atoms with Crippen LogP contribution < -0.4 is 11.1 Å². The molecule has 0 saturated heterocycles. The van der Waals surface area contributed by atoms with Crippen molar-refractivity contribution >= 4 is 32.6 Å². The number of fused-ring (bicyclic) bond motifs is 4. The van der Waals surface area contributed by atoms with E-state index in [0.29, 0.717) is 10.8 Å². The lowest BCUT2D eigenvalue weighted by atomic mass is 10.0. The van der Waals surface area contributed by atoms with Gasteiger partial charge in [-0.3, -0.25) is 19.8 Å². The van der Waals surface area contributed by atoms with Gasteiger partial charge in [0.15, 0.2) is 0 Å². The molecule has 0 aliphatic carbocycles. The first-order valence-corrected chi connectivity index (χ1v) is 6.31. The molecule has 0 fully saturated rings. The average Bonchev–Trinajstić information content (AvgIpc) is 2.82. The van der Waals surface area contributed by atoms with Crippen molar-refractivity contribution < 1.29 is 0 Å². The van der Waals surface area contributed by atoms with Crippen molar-refractivity contribution in [3.63, 3.8) is 0 Å². The van der Waals surface area contributed by atoms with Crippen LogP contribution in [0.5, 0.6) is 0 Å². The highest BCUT2D eigenvalue weighted by Crippen LogP contribution is 2.30. The van der Waals surface area contributed by atoms with Crippen LogP contribution >= 0.6 is 0 Å². The lowest BCUT2D eigenvalue weighted by Crippen LogP contribution is -2.19.